The molecule has 0 radical (unpaired) electrons. The van der Waals surface area contributed by atoms with E-state index in [2.05, 4.69) is 29.0 Å². The van der Waals surface area contributed by atoms with E-state index in [4.69, 9.17) is 9.40 Å². The fraction of sp³-hybridized carbons (Fsp3) is 0.333. The van der Waals surface area contributed by atoms with Gasteiger partial charge in [-0.05, 0) is 60.1 Å². The molecule has 0 N–H and O–H groups in total. The average Bonchev–Trinajstić information content (AvgIpc) is 3.47. The largest absolute Gasteiger partial charge is 0.439 e. The van der Waals surface area contributed by atoms with Crippen molar-refractivity contribution in [3.8, 4) is 22.7 Å². The SMILES string of the molecule is CCc1ncc(-c2cccc([C@@]34CC[C@@H](c5cc(-c6c(F)cccc6F)nnc53)C4(C)C)n2)o1. The normalized spacial score (nSPS) is 22.2. The van der Waals surface area contributed by atoms with Crippen LogP contribution in [0.2, 0.25) is 0 Å². The van der Waals surface area contributed by atoms with Crippen molar-refractivity contribution in [2.75, 3.05) is 0 Å². The molecule has 3 aromatic heterocycles. The topological polar surface area (TPSA) is 64.7 Å². The number of hydrogen-bond acceptors (Lipinski definition) is 5. The summed E-state index contributed by atoms with van der Waals surface area (Å²) in [6.45, 7) is 6.45. The molecule has 1 aromatic carbocycles. The smallest absolute Gasteiger partial charge is 0.194 e. The zero-order valence-corrected chi connectivity index (χ0v) is 19.3. The lowest BCUT2D eigenvalue weighted by molar-refractivity contribution is 0.243. The number of aryl methyl sites for hydroxylation is 1. The Morgan fingerprint density at radius 3 is 2.53 bits per heavy atom. The maximum Gasteiger partial charge on any atom is 0.194 e. The van der Waals surface area contributed by atoms with E-state index in [-0.39, 0.29) is 22.6 Å². The monoisotopic (exact) mass is 458 g/mol. The van der Waals surface area contributed by atoms with Gasteiger partial charge in [0.1, 0.15) is 17.3 Å². The number of oxazole rings is 1. The van der Waals surface area contributed by atoms with Crippen molar-refractivity contribution in [2.45, 2.75) is 51.4 Å². The second-order valence-electron chi connectivity index (χ2n) is 9.73. The molecule has 4 aromatic rings. The number of halogens is 2. The molecule has 3 heterocycles. The van der Waals surface area contributed by atoms with Crippen LogP contribution in [0.4, 0.5) is 8.78 Å². The maximum absolute atomic E-state index is 14.5. The van der Waals surface area contributed by atoms with Gasteiger partial charge >= 0.3 is 0 Å². The number of benzene rings is 1. The highest BCUT2D eigenvalue weighted by molar-refractivity contribution is 5.64. The number of pyridine rings is 1. The van der Waals surface area contributed by atoms with Gasteiger partial charge in [0.2, 0.25) is 0 Å². The second kappa shape index (κ2) is 7.26. The van der Waals surface area contributed by atoms with E-state index < -0.39 is 17.0 Å². The average molecular weight is 459 g/mol. The number of nitrogens with zero attached hydrogens (tertiary/aromatic N) is 4. The standard InChI is InChI=1S/C27H24F2N4O/c1-4-23-30-14-21(34-23)19-9-6-10-22(31-19)27-12-11-16(26(27,2)3)15-13-20(32-33-25(15)27)24-17(28)7-5-8-18(24)29/h5-10,13-14,16H,4,11-12H2,1-3H3/t16-,27-/m0/s1. The van der Waals surface area contributed by atoms with Crippen molar-refractivity contribution < 1.29 is 13.2 Å². The van der Waals surface area contributed by atoms with E-state index in [0.29, 0.717) is 18.1 Å². The summed E-state index contributed by atoms with van der Waals surface area (Å²) in [6, 6.07) is 11.6. The fourth-order valence-corrected chi connectivity index (χ4v) is 6.16. The molecule has 0 amide bonds. The van der Waals surface area contributed by atoms with Crippen LogP contribution in [-0.2, 0) is 11.8 Å². The van der Waals surface area contributed by atoms with Crippen molar-refractivity contribution in [2.24, 2.45) is 5.41 Å². The lowest BCUT2D eigenvalue weighted by atomic mass is 9.66. The van der Waals surface area contributed by atoms with Crippen molar-refractivity contribution >= 4 is 0 Å². The molecule has 2 aliphatic carbocycles. The Labute approximate surface area is 196 Å². The van der Waals surface area contributed by atoms with E-state index >= 15 is 0 Å². The summed E-state index contributed by atoms with van der Waals surface area (Å²) in [7, 11) is 0. The van der Waals surface area contributed by atoms with Gasteiger partial charge in [-0.3, -0.25) is 0 Å². The Hall–Kier alpha value is -3.48. The van der Waals surface area contributed by atoms with Crippen LogP contribution < -0.4 is 0 Å². The third-order valence-electron chi connectivity index (χ3n) is 7.90. The molecular formula is C27H24F2N4O. The Bertz CT molecular complexity index is 1410. The molecule has 172 valence electrons. The van der Waals surface area contributed by atoms with E-state index in [0.717, 1.165) is 35.5 Å². The predicted octanol–water partition coefficient (Wildman–Crippen LogP) is 6.24. The van der Waals surface area contributed by atoms with Crippen LogP contribution in [0.1, 0.15) is 62.4 Å². The molecule has 2 atom stereocenters. The van der Waals surface area contributed by atoms with Gasteiger partial charge in [0.25, 0.3) is 0 Å². The first kappa shape index (κ1) is 21.1. The summed E-state index contributed by atoms with van der Waals surface area (Å²) < 4.78 is 34.8. The Balaban J connectivity index is 1.51. The molecular weight excluding hydrogens is 434 g/mol. The molecule has 5 nitrogen and oxygen atoms in total. The van der Waals surface area contributed by atoms with Gasteiger partial charge in [0.15, 0.2) is 11.7 Å². The van der Waals surface area contributed by atoms with Crippen molar-refractivity contribution in [1.82, 2.24) is 20.2 Å². The van der Waals surface area contributed by atoms with Gasteiger partial charge in [-0.15, -0.1) is 5.10 Å². The minimum absolute atomic E-state index is 0.135. The maximum atomic E-state index is 14.5. The van der Waals surface area contributed by atoms with Crippen molar-refractivity contribution in [1.29, 1.82) is 0 Å². The lowest BCUT2D eigenvalue weighted by Gasteiger charge is -2.37. The van der Waals surface area contributed by atoms with Crippen LogP contribution >= 0.6 is 0 Å². The zero-order valence-electron chi connectivity index (χ0n) is 19.3. The third kappa shape index (κ3) is 2.70. The zero-order chi connectivity index (χ0) is 23.7. The van der Waals surface area contributed by atoms with Crippen LogP contribution in [0.25, 0.3) is 22.7 Å². The van der Waals surface area contributed by atoms with Crippen LogP contribution in [0.15, 0.2) is 53.1 Å². The molecule has 2 bridgehead atoms. The molecule has 6 rings (SSSR count). The summed E-state index contributed by atoms with van der Waals surface area (Å²) in [5, 5.41) is 8.91. The number of hydrogen-bond donors (Lipinski definition) is 0. The number of fused-ring (bicyclic) bond motifs is 5. The van der Waals surface area contributed by atoms with E-state index in [1.807, 2.05) is 31.2 Å². The van der Waals surface area contributed by atoms with Gasteiger partial charge < -0.3 is 4.42 Å². The summed E-state index contributed by atoms with van der Waals surface area (Å²) in [5.74, 6) is 0.219. The minimum Gasteiger partial charge on any atom is -0.439 e. The molecule has 2 aliphatic rings. The van der Waals surface area contributed by atoms with E-state index in [1.165, 1.54) is 18.2 Å². The summed E-state index contributed by atoms with van der Waals surface area (Å²) in [4.78, 5) is 9.34. The van der Waals surface area contributed by atoms with Crippen molar-refractivity contribution in [3.63, 3.8) is 0 Å². The quantitative estimate of drug-likeness (QED) is 0.362. The van der Waals surface area contributed by atoms with Crippen LogP contribution in [0.5, 0.6) is 0 Å². The van der Waals surface area contributed by atoms with Crippen molar-refractivity contribution in [3.05, 3.63) is 83.1 Å². The highest BCUT2D eigenvalue weighted by Crippen LogP contribution is 2.69. The van der Waals surface area contributed by atoms with Crippen LogP contribution in [0.3, 0.4) is 0 Å². The van der Waals surface area contributed by atoms with E-state index in [1.54, 1.807) is 6.20 Å². The van der Waals surface area contributed by atoms with Gasteiger partial charge in [-0.25, -0.2) is 18.7 Å². The van der Waals surface area contributed by atoms with Crippen LogP contribution in [-0.4, -0.2) is 20.2 Å². The summed E-state index contributed by atoms with van der Waals surface area (Å²) >= 11 is 0. The molecule has 0 spiro atoms. The second-order valence-corrected chi connectivity index (χ2v) is 9.73. The third-order valence-corrected chi connectivity index (χ3v) is 7.90. The first-order valence-corrected chi connectivity index (χ1v) is 11.6. The first-order chi connectivity index (χ1) is 16.4. The summed E-state index contributed by atoms with van der Waals surface area (Å²) in [6.07, 6.45) is 4.25. The Morgan fingerprint density at radius 1 is 1.03 bits per heavy atom. The lowest BCUT2D eigenvalue weighted by Crippen LogP contribution is -2.37. The highest BCUT2D eigenvalue weighted by Gasteiger charge is 2.65. The Kier molecular flexibility index (Phi) is 4.50. The van der Waals surface area contributed by atoms with Crippen LogP contribution in [0, 0.1) is 17.0 Å². The van der Waals surface area contributed by atoms with Gasteiger partial charge in [0.05, 0.1) is 34.3 Å². The minimum atomic E-state index is -0.640. The molecule has 1 fully saturated rings. The Morgan fingerprint density at radius 2 is 1.79 bits per heavy atom. The molecule has 1 saturated carbocycles. The molecule has 0 aliphatic heterocycles. The molecule has 34 heavy (non-hydrogen) atoms. The van der Waals surface area contributed by atoms with Gasteiger partial charge in [-0.2, -0.15) is 5.10 Å². The highest BCUT2D eigenvalue weighted by atomic mass is 19.1. The molecule has 0 saturated heterocycles. The first-order valence-electron chi connectivity index (χ1n) is 11.6. The summed E-state index contributed by atoms with van der Waals surface area (Å²) in [5.41, 5.74) is 2.94. The predicted molar refractivity (Wildman–Crippen MR) is 123 cm³/mol. The number of aromatic nitrogens is 4. The van der Waals surface area contributed by atoms with Gasteiger partial charge in [-0.1, -0.05) is 32.9 Å². The van der Waals surface area contributed by atoms with Gasteiger partial charge in [0, 0.05) is 6.42 Å². The number of rotatable bonds is 4. The molecule has 0 unspecified atom stereocenters. The fourth-order valence-electron chi connectivity index (χ4n) is 6.16. The molecule has 7 heteroatoms. The van der Waals surface area contributed by atoms with E-state index in [9.17, 15) is 8.78 Å².